The molecule has 2 aromatic rings. The second-order valence-corrected chi connectivity index (χ2v) is 7.04. The Balaban J connectivity index is 1.35. The van der Waals surface area contributed by atoms with E-state index in [0.29, 0.717) is 18.0 Å². The van der Waals surface area contributed by atoms with E-state index in [2.05, 4.69) is 27.3 Å². The summed E-state index contributed by atoms with van der Waals surface area (Å²) in [7, 11) is 0. The molecule has 2 aliphatic rings. The third kappa shape index (κ3) is 2.66. The van der Waals surface area contributed by atoms with Crippen molar-refractivity contribution in [3.8, 4) is 0 Å². The lowest BCUT2D eigenvalue weighted by atomic mass is 10.0. The Labute approximate surface area is 134 Å². The number of pyridine rings is 1. The van der Waals surface area contributed by atoms with Gasteiger partial charge in [0.1, 0.15) is 0 Å². The maximum atomic E-state index is 12.2. The van der Waals surface area contributed by atoms with Crippen molar-refractivity contribution < 1.29 is 4.79 Å². The molecule has 2 aromatic heterocycles. The van der Waals surface area contributed by atoms with Crippen molar-refractivity contribution in [3.05, 3.63) is 52.5 Å². The van der Waals surface area contributed by atoms with Crippen LogP contribution in [0.15, 0.2) is 41.4 Å². The number of hydrogen-bond donors (Lipinski definition) is 1. The molecule has 1 N–H and O–H groups in total. The Kier molecular flexibility index (Phi) is 3.68. The average Bonchev–Trinajstić information content (AvgIpc) is 3.24. The predicted octanol–water partition coefficient (Wildman–Crippen LogP) is 2.54. The van der Waals surface area contributed by atoms with Gasteiger partial charge in [0, 0.05) is 48.5 Å². The molecule has 1 aliphatic carbocycles. The first kappa shape index (κ1) is 13.9. The average molecular weight is 313 g/mol. The molecular weight excluding hydrogens is 294 g/mol. The summed E-state index contributed by atoms with van der Waals surface area (Å²) in [6.45, 7) is 2.08. The zero-order valence-corrected chi connectivity index (χ0v) is 13.1. The van der Waals surface area contributed by atoms with Crippen LogP contribution in [0.5, 0.6) is 0 Å². The number of fused-ring (bicyclic) bond motifs is 2. The van der Waals surface area contributed by atoms with Crippen molar-refractivity contribution in [2.75, 3.05) is 6.54 Å². The number of thiophene rings is 1. The SMILES string of the molecule is O=C(NC1CC2CC1CN2Cc1ccncc1)c1ccsc1. The number of nitrogens with one attached hydrogen (secondary N) is 1. The van der Waals surface area contributed by atoms with Crippen molar-refractivity contribution in [2.45, 2.75) is 31.5 Å². The van der Waals surface area contributed by atoms with Crippen LogP contribution in [-0.2, 0) is 6.54 Å². The molecule has 0 aromatic carbocycles. The zero-order chi connectivity index (χ0) is 14.9. The standard InChI is InChI=1S/C17H19N3OS/c21-17(13-3-6-22-11-13)19-16-8-15-7-14(16)10-20(15)9-12-1-4-18-5-2-12/h1-6,11,14-16H,7-10H2,(H,19,21). The summed E-state index contributed by atoms with van der Waals surface area (Å²) in [4.78, 5) is 18.8. The number of aromatic nitrogens is 1. The van der Waals surface area contributed by atoms with Crippen LogP contribution in [0.2, 0.25) is 0 Å². The van der Waals surface area contributed by atoms with Crippen LogP contribution in [-0.4, -0.2) is 34.4 Å². The fraction of sp³-hybridized carbons (Fsp3) is 0.412. The van der Waals surface area contributed by atoms with Crippen molar-refractivity contribution in [3.63, 3.8) is 0 Å². The van der Waals surface area contributed by atoms with Crippen LogP contribution < -0.4 is 5.32 Å². The van der Waals surface area contributed by atoms with E-state index in [1.54, 1.807) is 11.3 Å². The minimum atomic E-state index is 0.0829. The summed E-state index contributed by atoms with van der Waals surface area (Å²) in [6.07, 6.45) is 5.99. The third-order valence-corrected chi connectivity index (χ3v) is 5.57. The van der Waals surface area contributed by atoms with E-state index >= 15 is 0 Å². The van der Waals surface area contributed by atoms with Gasteiger partial charge in [-0.1, -0.05) is 0 Å². The summed E-state index contributed by atoms with van der Waals surface area (Å²) < 4.78 is 0. The van der Waals surface area contributed by atoms with E-state index < -0.39 is 0 Å². The Morgan fingerprint density at radius 1 is 1.32 bits per heavy atom. The van der Waals surface area contributed by atoms with E-state index in [4.69, 9.17) is 0 Å². The van der Waals surface area contributed by atoms with Gasteiger partial charge in [-0.25, -0.2) is 0 Å². The number of carbonyl (C=O) groups is 1. The first-order chi connectivity index (χ1) is 10.8. The van der Waals surface area contributed by atoms with Gasteiger partial charge in [-0.3, -0.25) is 14.7 Å². The van der Waals surface area contributed by atoms with Gasteiger partial charge in [-0.05, 0) is 47.9 Å². The molecule has 0 spiro atoms. The molecule has 4 nitrogen and oxygen atoms in total. The topological polar surface area (TPSA) is 45.2 Å². The Morgan fingerprint density at radius 2 is 2.18 bits per heavy atom. The molecule has 5 heteroatoms. The number of piperidine rings is 1. The molecule has 2 bridgehead atoms. The lowest BCUT2D eigenvalue weighted by Gasteiger charge is -2.31. The summed E-state index contributed by atoms with van der Waals surface area (Å²) >= 11 is 1.57. The number of amides is 1. The molecule has 3 atom stereocenters. The summed E-state index contributed by atoms with van der Waals surface area (Å²) in [5.74, 6) is 0.675. The summed E-state index contributed by atoms with van der Waals surface area (Å²) in [5, 5.41) is 7.09. The van der Waals surface area contributed by atoms with E-state index in [9.17, 15) is 4.79 Å². The maximum absolute atomic E-state index is 12.2. The number of rotatable bonds is 4. The molecule has 4 rings (SSSR count). The Hall–Kier alpha value is -1.72. The highest BCUT2D eigenvalue weighted by molar-refractivity contribution is 7.08. The lowest BCUT2D eigenvalue weighted by molar-refractivity contribution is 0.0904. The largest absolute Gasteiger partial charge is 0.349 e. The maximum Gasteiger partial charge on any atom is 0.252 e. The van der Waals surface area contributed by atoms with Gasteiger partial charge < -0.3 is 5.32 Å². The molecule has 22 heavy (non-hydrogen) atoms. The van der Waals surface area contributed by atoms with Crippen LogP contribution in [0.3, 0.4) is 0 Å². The quantitative estimate of drug-likeness (QED) is 0.943. The molecule has 114 valence electrons. The second kappa shape index (κ2) is 5.82. The highest BCUT2D eigenvalue weighted by Crippen LogP contribution is 2.38. The van der Waals surface area contributed by atoms with Crippen LogP contribution in [0.1, 0.15) is 28.8 Å². The van der Waals surface area contributed by atoms with E-state index in [0.717, 1.165) is 25.1 Å². The van der Waals surface area contributed by atoms with Crippen LogP contribution in [0.4, 0.5) is 0 Å². The lowest BCUT2D eigenvalue weighted by Crippen LogP contribution is -2.45. The molecular formula is C17H19N3OS. The van der Waals surface area contributed by atoms with Crippen molar-refractivity contribution in [2.24, 2.45) is 5.92 Å². The third-order valence-electron chi connectivity index (χ3n) is 4.89. The number of hydrogen-bond acceptors (Lipinski definition) is 4. The molecule has 1 saturated carbocycles. The van der Waals surface area contributed by atoms with Gasteiger partial charge in [0.05, 0.1) is 0 Å². The van der Waals surface area contributed by atoms with Crippen LogP contribution >= 0.6 is 11.3 Å². The van der Waals surface area contributed by atoms with Crippen LogP contribution in [0, 0.1) is 5.92 Å². The van der Waals surface area contributed by atoms with Gasteiger partial charge in [-0.2, -0.15) is 11.3 Å². The Bertz CT molecular complexity index is 643. The van der Waals surface area contributed by atoms with Gasteiger partial charge in [0.2, 0.25) is 0 Å². The smallest absolute Gasteiger partial charge is 0.252 e. The van der Waals surface area contributed by atoms with Gasteiger partial charge in [0.15, 0.2) is 0 Å². The highest BCUT2D eigenvalue weighted by Gasteiger charge is 2.44. The van der Waals surface area contributed by atoms with Crippen LogP contribution in [0.25, 0.3) is 0 Å². The molecule has 1 amide bonds. The minimum absolute atomic E-state index is 0.0829. The molecule has 3 heterocycles. The monoisotopic (exact) mass is 313 g/mol. The van der Waals surface area contributed by atoms with E-state index in [1.807, 2.05) is 29.2 Å². The van der Waals surface area contributed by atoms with Gasteiger partial charge >= 0.3 is 0 Å². The normalized spacial score (nSPS) is 27.2. The summed E-state index contributed by atoms with van der Waals surface area (Å²) in [5.41, 5.74) is 2.11. The van der Waals surface area contributed by atoms with E-state index in [1.165, 1.54) is 12.0 Å². The first-order valence-corrected chi connectivity index (χ1v) is 8.70. The molecule has 0 radical (unpaired) electrons. The molecule has 3 unspecified atom stereocenters. The molecule has 1 aliphatic heterocycles. The predicted molar refractivity (Wildman–Crippen MR) is 86.7 cm³/mol. The zero-order valence-electron chi connectivity index (χ0n) is 12.3. The number of likely N-dealkylation sites (tertiary alicyclic amines) is 1. The van der Waals surface area contributed by atoms with Crippen molar-refractivity contribution >= 4 is 17.2 Å². The van der Waals surface area contributed by atoms with Gasteiger partial charge in [0.25, 0.3) is 5.91 Å². The minimum Gasteiger partial charge on any atom is -0.349 e. The summed E-state index contributed by atoms with van der Waals surface area (Å²) in [6, 6.07) is 7.00. The highest BCUT2D eigenvalue weighted by atomic mass is 32.1. The van der Waals surface area contributed by atoms with Crippen molar-refractivity contribution in [1.29, 1.82) is 0 Å². The second-order valence-electron chi connectivity index (χ2n) is 6.26. The molecule has 2 fully saturated rings. The fourth-order valence-electron chi connectivity index (χ4n) is 3.78. The fourth-order valence-corrected chi connectivity index (χ4v) is 4.42. The Morgan fingerprint density at radius 3 is 2.86 bits per heavy atom. The number of carbonyl (C=O) groups excluding carboxylic acids is 1. The molecule has 1 saturated heterocycles. The number of nitrogens with zero attached hydrogens (tertiary/aromatic N) is 2. The van der Waals surface area contributed by atoms with E-state index in [-0.39, 0.29) is 5.91 Å². The van der Waals surface area contributed by atoms with Crippen molar-refractivity contribution in [1.82, 2.24) is 15.2 Å². The first-order valence-electron chi connectivity index (χ1n) is 7.75. The van der Waals surface area contributed by atoms with Gasteiger partial charge in [-0.15, -0.1) is 0 Å².